The first kappa shape index (κ1) is 26.0. The second-order valence-corrected chi connectivity index (χ2v) is 9.59. The smallest absolute Gasteiger partial charge is 0.162 e. The Bertz CT molecular complexity index is 1480. The van der Waals surface area contributed by atoms with Crippen molar-refractivity contribution in [3.05, 3.63) is 88.1 Å². The Kier molecular flexibility index (Phi) is 7.03. The van der Waals surface area contributed by atoms with E-state index in [1.165, 1.54) is 23.3 Å². The van der Waals surface area contributed by atoms with Crippen LogP contribution in [0.5, 0.6) is 17.2 Å². The Hall–Kier alpha value is -3.62. The Morgan fingerprint density at radius 3 is 2.47 bits per heavy atom. The average molecular weight is 523 g/mol. The normalized spacial score (nSPS) is 16.3. The highest BCUT2D eigenvalue weighted by Crippen LogP contribution is 2.45. The maximum atomic E-state index is 13.7. The Morgan fingerprint density at radius 1 is 0.974 bits per heavy atom. The highest BCUT2D eigenvalue weighted by molar-refractivity contribution is 5.87. The van der Waals surface area contributed by atoms with Crippen LogP contribution in [-0.2, 0) is 32.7 Å². The molecule has 1 unspecified atom stereocenters. The van der Waals surface area contributed by atoms with Gasteiger partial charge in [0, 0.05) is 36.3 Å². The van der Waals surface area contributed by atoms with Gasteiger partial charge in [0.1, 0.15) is 30.7 Å². The van der Waals surface area contributed by atoms with Crippen molar-refractivity contribution in [2.75, 3.05) is 20.8 Å². The molecule has 3 heterocycles. The molecule has 0 fully saturated rings. The van der Waals surface area contributed by atoms with E-state index in [2.05, 4.69) is 4.90 Å². The van der Waals surface area contributed by atoms with Crippen LogP contribution in [-0.4, -0.2) is 35.3 Å². The largest absolute Gasteiger partial charge is 0.497 e. The van der Waals surface area contributed by atoms with Crippen molar-refractivity contribution < 1.29 is 28.1 Å². The summed E-state index contributed by atoms with van der Waals surface area (Å²) in [6.07, 6.45) is 1.64. The van der Waals surface area contributed by atoms with Crippen LogP contribution < -0.4 is 14.2 Å². The third-order valence-corrected chi connectivity index (χ3v) is 7.60. The molecular formula is C30H32F2N2O4. The molecule has 6 rings (SSSR count). The predicted molar refractivity (Wildman–Crippen MR) is 142 cm³/mol. The summed E-state index contributed by atoms with van der Waals surface area (Å²) >= 11 is 0. The van der Waals surface area contributed by atoms with Gasteiger partial charge in [0.2, 0.25) is 0 Å². The maximum absolute atomic E-state index is 13.7. The second kappa shape index (κ2) is 10.3. The molecule has 0 saturated heterocycles. The average Bonchev–Trinajstić information content (AvgIpc) is 3.21. The fraction of sp³-hybridized carbons (Fsp3) is 0.333. The van der Waals surface area contributed by atoms with Gasteiger partial charge in [-0.05, 0) is 77.6 Å². The van der Waals surface area contributed by atoms with E-state index in [1.807, 2.05) is 34.9 Å². The van der Waals surface area contributed by atoms with Crippen molar-refractivity contribution in [2.24, 2.45) is 0 Å². The molecular weight excluding hydrogens is 490 g/mol. The van der Waals surface area contributed by atoms with Crippen LogP contribution in [0.2, 0.25) is 0 Å². The van der Waals surface area contributed by atoms with Crippen LogP contribution in [0.4, 0.5) is 8.78 Å². The van der Waals surface area contributed by atoms with Crippen molar-refractivity contribution in [1.29, 1.82) is 0 Å². The third-order valence-electron chi connectivity index (χ3n) is 7.60. The molecule has 3 aromatic carbocycles. The number of fused-ring (bicyclic) bond motifs is 6. The van der Waals surface area contributed by atoms with Gasteiger partial charge in [-0.15, -0.1) is 0 Å². The lowest BCUT2D eigenvalue weighted by Crippen LogP contribution is -2.39. The number of halogens is 2. The minimum absolute atomic E-state index is 0. The molecule has 0 bridgehead atoms. The number of aromatic nitrogens is 1. The molecule has 38 heavy (non-hydrogen) atoms. The first-order chi connectivity index (χ1) is 18.0. The topological polar surface area (TPSA) is 56.1 Å². The van der Waals surface area contributed by atoms with Crippen molar-refractivity contribution in [3.63, 3.8) is 0 Å². The van der Waals surface area contributed by atoms with Gasteiger partial charge in [-0.1, -0.05) is 7.43 Å². The molecule has 2 aliphatic heterocycles. The number of benzene rings is 3. The van der Waals surface area contributed by atoms with Crippen molar-refractivity contribution in [1.82, 2.24) is 9.47 Å². The van der Waals surface area contributed by atoms with Gasteiger partial charge in [0.05, 0.1) is 19.7 Å². The molecule has 0 spiro atoms. The first-order valence-electron chi connectivity index (χ1n) is 12.3. The predicted octanol–water partition coefficient (Wildman–Crippen LogP) is 5.76. The lowest BCUT2D eigenvalue weighted by Gasteiger charge is -2.41. The SMILES string of the molecule is C.COc1ccc2c(c1)c1c(n2CO)CN2CCc3cc(OC)c(OCc4cc(F)cc(F)c4)cc3C2C1. The van der Waals surface area contributed by atoms with Crippen molar-refractivity contribution in [3.8, 4) is 17.2 Å². The summed E-state index contributed by atoms with van der Waals surface area (Å²) in [6.45, 7) is 1.55. The molecule has 4 aromatic rings. The van der Waals surface area contributed by atoms with Crippen LogP contribution in [0.25, 0.3) is 10.9 Å². The molecule has 0 radical (unpaired) electrons. The van der Waals surface area contributed by atoms with Crippen LogP contribution in [0.15, 0.2) is 48.5 Å². The van der Waals surface area contributed by atoms with E-state index in [1.54, 1.807) is 14.2 Å². The van der Waals surface area contributed by atoms with Gasteiger partial charge >= 0.3 is 0 Å². The number of rotatable bonds is 6. The van der Waals surface area contributed by atoms with Crippen LogP contribution in [0.1, 0.15) is 41.4 Å². The van der Waals surface area contributed by atoms with Crippen LogP contribution >= 0.6 is 0 Å². The van der Waals surface area contributed by atoms with Crippen molar-refractivity contribution in [2.45, 2.75) is 46.2 Å². The molecule has 6 nitrogen and oxygen atoms in total. The molecule has 0 aliphatic carbocycles. The monoisotopic (exact) mass is 522 g/mol. The molecule has 1 N–H and O–H groups in total. The van der Waals surface area contributed by atoms with Crippen LogP contribution in [0.3, 0.4) is 0 Å². The summed E-state index contributed by atoms with van der Waals surface area (Å²) in [7, 11) is 3.25. The molecule has 0 amide bonds. The van der Waals surface area contributed by atoms with Gasteiger partial charge in [0.15, 0.2) is 11.5 Å². The quantitative estimate of drug-likeness (QED) is 0.349. The lowest BCUT2D eigenvalue weighted by atomic mass is 9.85. The van der Waals surface area contributed by atoms with E-state index >= 15 is 0 Å². The second-order valence-electron chi connectivity index (χ2n) is 9.59. The minimum Gasteiger partial charge on any atom is -0.497 e. The van der Waals surface area contributed by atoms with Crippen molar-refractivity contribution >= 4 is 10.9 Å². The molecule has 2 aliphatic rings. The van der Waals surface area contributed by atoms with E-state index in [4.69, 9.17) is 14.2 Å². The summed E-state index contributed by atoms with van der Waals surface area (Å²) in [5.41, 5.74) is 6.11. The summed E-state index contributed by atoms with van der Waals surface area (Å²) in [6, 6.07) is 13.5. The highest BCUT2D eigenvalue weighted by Gasteiger charge is 2.36. The lowest BCUT2D eigenvalue weighted by molar-refractivity contribution is 0.145. The zero-order valence-electron chi connectivity index (χ0n) is 20.8. The molecule has 1 aromatic heterocycles. The Balaban J connectivity index is 0.00000294. The van der Waals surface area contributed by atoms with Gasteiger partial charge in [-0.25, -0.2) is 8.78 Å². The summed E-state index contributed by atoms with van der Waals surface area (Å²) in [5.74, 6) is 0.651. The highest BCUT2D eigenvalue weighted by atomic mass is 19.1. The zero-order chi connectivity index (χ0) is 25.7. The Labute approximate surface area is 221 Å². The van der Waals surface area contributed by atoms with E-state index in [9.17, 15) is 13.9 Å². The van der Waals surface area contributed by atoms with E-state index in [0.717, 1.165) is 59.9 Å². The standard InChI is InChI=1S/C29H28F2N2O4.CH4/c1-35-21-3-4-25-23(11-21)24-12-26-22-13-29(37-15-17-7-19(30)10-20(31)8-17)28(36-2)9-18(22)5-6-32(26)14-27(24)33(25)16-34;/h3-4,7-11,13,26,34H,5-6,12,14-16H2,1-2H3;1H4. The van der Waals surface area contributed by atoms with Crippen LogP contribution in [0, 0.1) is 11.6 Å². The summed E-state index contributed by atoms with van der Waals surface area (Å²) < 4.78 is 46.4. The number of hydrogen-bond donors (Lipinski definition) is 1. The maximum Gasteiger partial charge on any atom is 0.162 e. The van der Waals surface area contributed by atoms with Gasteiger partial charge in [-0.2, -0.15) is 0 Å². The van der Waals surface area contributed by atoms with E-state index in [-0.39, 0.29) is 26.8 Å². The molecule has 200 valence electrons. The molecule has 0 saturated carbocycles. The number of methoxy groups -OCH3 is 2. The molecule has 8 heteroatoms. The minimum atomic E-state index is -0.636. The van der Waals surface area contributed by atoms with Gasteiger partial charge in [0.25, 0.3) is 0 Å². The number of nitrogens with zero attached hydrogens (tertiary/aromatic N) is 2. The number of ether oxygens (including phenoxy) is 3. The fourth-order valence-corrected chi connectivity index (χ4v) is 5.86. The number of aliphatic hydroxyl groups is 1. The van der Waals surface area contributed by atoms with E-state index < -0.39 is 11.6 Å². The number of hydrogen-bond acceptors (Lipinski definition) is 5. The Morgan fingerprint density at radius 2 is 1.76 bits per heavy atom. The summed E-state index contributed by atoms with van der Waals surface area (Å²) in [5, 5.41) is 11.3. The van der Waals surface area contributed by atoms with Gasteiger partial charge in [-0.3, -0.25) is 4.90 Å². The third kappa shape index (κ3) is 4.37. The first-order valence-corrected chi connectivity index (χ1v) is 12.3. The molecule has 1 atom stereocenters. The van der Waals surface area contributed by atoms with Gasteiger partial charge < -0.3 is 23.9 Å². The fourth-order valence-electron chi connectivity index (χ4n) is 5.86. The number of aliphatic hydroxyl groups excluding tert-OH is 1. The zero-order valence-corrected chi connectivity index (χ0v) is 20.8. The van der Waals surface area contributed by atoms with E-state index in [0.29, 0.717) is 17.1 Å². The summed E-state index contributed by atoms with van der Waals surface area (Å²) in [4.78, 5) is 2.44.